The highest BCUT2D eigenvalue weighted by Crippen LogP contribution is 2.14. The zero-order chi connectivity index (χ0) is 13.4. The second-order valence-electron chi connectivity index (χ2n) is 4.44. The van der Waals surface area contributed by atoms with Crippen molar-refractivity contribution in [3.63, 3.8) is 0 Å². The van der Waals surface area contributed by atoms with Crippen molar-refractivity contribution in [2.75, 3.05) is 13.2 Å². The zero-order valence-corrected chi connectivity index (χ0v) is 11.2. The Morgan fingerprint density at radius 1 is 1.33 bits per heavy atom. The highest BCUT2D eigenvalue weighted by Gasteiger charge is 2.10. The van der Waals surface area contributed by atoms with Crippen LogP contribution in [0.5, 0.6) is 0 Å². The molecule has 0 saturated heterocycles. The van der Waals surface area contributed by atoms with Crippen molar-refractivity contribution in [1.82, 2.24) is 10.5 Å². The monoisotopic (exact) mass is 254 g/mol. The Labute approximate surface area is 108 Å². The van der Waals surface area contributed by atoms with Crippen LogP contribution in [0, 0.1) is 13.8 Å². The number of aliphatic hydroxyl groups is 1. The number of carbonyl (C=O) groups is 1. The van der Waals surface area contributed by atoms with E-state index in [2.05, 4.69) is 10.5 Å². The third-order valence-corrected chi connectivity index (χ3v) is 2.94. The van der Waals surface area contributed by atoms with Crippen molar-refractivity contribution in [3.8, 4) is 0 Å². The van der Waals surface area contributed by atoms with E-state index in [1.54, 1.807) is 0 Å². The van der Waals surface area contributed by atoms with Crippen LogP contribution >= 0.6 is 0 Å². The topological polar surface area (TPSA) is 75.4 Å². The van der Waals surface area contributed by atoms with Crippen LogP contribution in [0.3, 0.4) is 0 Å². The van der Waals surface area contributed by atoms with Crippen LogP contribution in [-0.2, 0) is 11.2 Å². The van der Waals surface area contributed by atoms with E-state index in [4.69, 9.17) is 9.63 Å². The largest absolute Gasteiger partial charge is 0.396 e. The predicted molar refractivity (Wildman–Crippen MR) is 68.2 cm³/mol. The predicted octanol–water partition coefficient (Wildman–Crippen LogP) is 1.50. The van der Waals surface area contributed by atoms with Gasteiger partial charge in [-0.05, 0) is 39.5 Å². The van der Waals surface area contributed by atoms with Gasteiger partial charge in [-0.15, -0.1) is 0 Å². The van der Waals surface area contributed by atoms with Gasteiger partial charge < -0.3 is 14.9 Å². The molecule has 1 heterocycles. The minimum absolute atomic E-state index is 0.0546. The quantitative estimate of drug-likeness (QED) is 0.689. The third-order valence-electron chi connectivity index (χ3n) is 2.94. The Morgan fingerprint density at radius 3 is 2.72 bits per heavy atom. The molecule has 1 aromatic rings. The molecule has 0 saturated carbocycles. The van der Waals surface area contributed by atoms with E-state index in [1.807, 2.05) is 13.8 Å². The number of amides is 1. The van der Waals surface area contributed by atoms with Crippen molar-refractivity contribution in [2.24, 2.45) is 0 Å². The summed E-state index contributed by atoms with van der Waals surface area (Å²) in [7, 11) is 0. The Hall–Kier alpha value is -1.36. The molecule has 0 aliphatic heterocycles. The molecule has 5 nitrogen and oxygen atoms in total. The van der Waals surface area contributed by atoms with Crippen LogP contribution in [-0.4, -0.2) is 29.3 Å². The molecule has 2 N–H and O–H groups in total. The molecule has 102 valence electrons. The van der Waals surface area contributed by atoms with Gasteiger partial charge >= 0.3 is 0 Å². The molecule has 0 radical (unpaired) electrons. The molecule has 0 bridgehead atoms. The van der Waals surface area contributed by atoms with Crippen molar-refractivity contribution in [2.45, 2.75) is 46.0 Å². The molecule has 18 heavy (non-hydrogen) atoms. The van der Waals surface area contributed by atoms with Gasteiger partial charge in [-0.25, -0.2) is 0 Å². The zero-order valence-electron chi connectivity index (χ0n) is 11.2. The standard InChI is InChI=1S/C13H22N2O3/c1-10-12(11(2)18-15-10)6-7-13(17)14-8-4-3-5-9-16/h16H,3-9H2,1-2H3,(H,14,17). The van der Waals surface area contributed by atoms with Gasteiger partial charge in [0.25, 0.3) is 0 Å². The summed E-state index contributed by atoms with van der Waals surface area (Å²) < 4.78 is 5.05. The molecule has 1 amide bonds. The Kier molecular flexibility index (Phi) is 6.43. The van der Waals surface area contributed by atoms with Crippen LogP contribution < -0.4 is 5.32 Å². The van der Waals surface area contributed by atoms with E-state index in [0.717, 1.165) is 36.3 Å². The van der Waals surface area contributed by atoms with E-state index in [-0.39, 0.29) is 12.5 Å². The van der Waals surface area contributed by atoms with E-state index >= 15 is 0 Å². The summed E-state index contributed by atoms with van der Waals surface area (Å²) in [6, 6.07) is 0. The van der Waals surface area contributed by atoms with Gasteiger partial charge in [-0.1, -0.05) is 5.16 Å². The molecular weight excluding hydrogens is 232 g/mol. The molecule has 0 aliphatic carbocycles. The van der Waals surface area contributed by atoms with Crippen molar-refractivity contribution < 1.29 is 14.4 Å². The minimum atomic E-state index is 0.0546. The fraction of sp³-hybridized carbons (Fsp3) is 0.692. The molecular formula is C13H22N2O3. The molecule has 0 fully saturated rings. The number of aromatic nitrogens is 1. The van der Waals surface area contributed by atoms with Crippen LogP contribution in [0.15, 0.2) is 4.52 Å². The number of unbranched alkanes of at least 4 members (excludes halogenated alkanes) is 2. The van der Waals surface area contributed by atoms with Crippen molar-refractivity contribution >= 4 is 5.91 Å². The number of carbonyl (C=O) groups excluding carboxylic acids is 1. The number of rotatable bonds is 8. The molecule has 0 aliphatic rings. The van der Waals surface area contributed by atoms with E-state index in [1.165, 1.54) is 0 Å². The number of aryl methyl sites for hydroxylation is 2. The molecule has 0 unspecified atom stereocenters. The van der Waals surface area contributed by atoms with Gasteiger partial charge in [0, 0.05) is 25.1 Å². The van der Waals surface area contributed by atoms with E-state index < -0.39 is 0 Å². The molecule has 0 atom stereocenters. The van der Waals surface area contributed by atoms with Crippen LogP contribution in [0.25, 0.3) is 0 Å². The van der Waals surface area contributed by atoms with Gasteiger partial charge in [0.15, 0.2) is 0 Å². The number of nitrogens with one attached hydrogen (secondary N) is 1. The molecule has 5 heteroatoms. The molecule has 0 aromatic carbocycles. The number of aliphatic hydroxyl groups excluding tert-OH is 1. The van der Waals surface area contributed by atoms with Gasteiger partial charge in [0.05, 0.1) is 5.69 Å². The van der Waals surface area contributed by atoms with Gasteiger partial charge in [-0.3, -0.25) is 4.79 Å². The second kappa shape index (κ2) is 7.87. The first-order valence-corrected chi connectivity index (χ1v) is 6.44. The summed E-state index contributed by atoms with van der Waals surface area (Å²) in [6.45, 7) is 4.65. The van der Waals surface area contributed by atoms with Crippen LogP contribution in [0.2, 0.25) is 0 Å². The van der Waals surface area contributed by atoms with Gasteiger partial charge in [0.2, 0.25) is 5.91 Å². The maximum Gasteiger partial charge on any atom is 0.220 e. The fourth-order valence-corrected chi connectivity index (χ4v) is 1.83. The lowest BCUT2D eigenvalue weighted by molar-refractivity contribution is -0.121. The summed E-state index contributed by atoms with van der Waals surface area (Å²) in [6.07, 6.45) is 3.79. The maximum absolute atomic E-state index is 11.6. The van der Waals surface area contributed by atoms with E-state index in [0.29, 0.717) is 19.4 Å². The second-order valence-corrected chi connectivity index (χ2v) is 4.44. The Bertz CT molecular complexity index is 355. The average molecular weight is 254 g/mol. The summed E-state index contributed by atoms with van der Waals surface area (Å²) >= 11 is 0. The normalized spacial score (nSPS) is 10.6. The third kappa shape index (κ3) is 4.87. The molecule has 0 spiro atoms. The summed E-state index contributed by atoms with van der Waals surface area (Å²) in [5.74, 6) is 0.849. The Balaban J connectivity index is 2.17. The van der Waals surface area contributed by atoms with E-state index in [9.17, 15) is 4.79 Å². The minimum Gasteiger partial charge on any atom is -0.396 e. The lowest BCUT2D eigenvalue weighted by atomic mass is 10.1. The van der Waals surface area contributed by atoms with Crippen molar-refractivity contribution in [3.05, 3.63) is 17.0 Å². The number of hydrogen-bond donors (Lipinski definition) is 2. The smallest absolute Gasteiger partial charge is 0.220 e. The molecule has 1 aromatic heterocycles. The first-order chi connectivity index (χ1) is 8.65. The first-order valence-electron chi connectivity index (χ1n) is 6.44. The lowest BCUT2D eigenvalue weighted by Crippen LogP contribution is -2.24. The lowest BCUT2D eigenvalue weighted by Gasteiger charge is -2.04. The molecule has 1 rings (SSSR count). The van der Waals surface area contributed by atoms with Crippen LogP contribution in [0.4, 0.5) is 0 Å². The van der Waals surface area contributed by atoms with Crippen molar-refractivity contribution in [1.29, 1.82) is 0 Å². The number of hydrogen-bond acceptors (Lipinski definition) is 4. The summed E-state index contributed by atoms with van der Waals surface area (Å²) in [4.78, 5) is 11.6. The summed E-state index contributed by atoms with van der Waals surface area (Å²) in [5.41, 5.74) is 1.90. The highest BCUT2D eigenvalue weighted by atomic mass is 16.5. The highest BCUT2D eigenvalue weighted by molar-refractivity contribution is 5.76. The van der Waals surface area contributed by atoms with Gasteiger partial charge in [-0.2, -0.15) is 0 Å². The summed E-state index contributed by atoms with van der Waals surface area (Å²) in [5, 5.41) is 15.3. The Morgan fingerprint density at radius 2 is 2.11 bits per heavy atom. The van der Waals surface area contributed by atoms with Gasteiger partial charge in [0.1, 0.15) is 5.76 Å². The maximum atomic E-state index is 11.6. The average Bonchev–Trinajstić information content (AvgIpc) is 2.66. The number of nitrogens with zero attached hydrogens (tertiary/aromatic N) is 1. The fourth-order valence-electron chi connectivity index (χ4n) is 1.83. The van der Waals surface area contributed by atoms with Crippen LogP contribution in [0.1, 0.15) is 42.7 Å². The SMILES string of the molecule is Cc1noc(C)c1CCC(=O)NCCCCCO. The first kappa shape index (κ1) is 14.7.